The predicted molar refractivity (Wildman–Crippen MR) is 74.4 cm³/mol. The smallest absolute Gasteiger partial charge is 0.253 e. The number of rotatable bonds is 4. The first-order valence-electron chi connectivity index (χ1n) is 5.53. The number of halogens is 1. The Kier molecular flexibility index (Phi) is 4.79. The Bertz CT molecular complexity index is 497. The minimum Gasteiger partial charge on any atom is -0.374 e. The summed E-state index contributed by atoms with van der Waals surface area (Å²) >= 11 is 4.47. The number of nitrogens with zero attached hydrogens (tertiary/aromatic N) is 1. The molecule has 102 valence electrons. The molecular weight excluding hydrogens is 340 g/mol. The van der Waals surface area contributed by atoms with E-state index >= 15 is 0 Å². The van der Waals surface area contributed by atoms with Gasteiger partial charge < -0.3 is 10.1 Å². The summed E-state index contributed by atoms with van der Waals surface area (Å²) < 4.78 is 32.5. The fraction of sp³-hybridized carbons (Fsp3) is 0.600. The summed E-state index contributed by atoms with van der Waals surface area (Å²) in [6.45, 7) is 2.50. The fourth-order valence-corrected chi connectivity index (χ4v) is 5.43. The first-order valence-corrected chi connectivity index (χ1v) is 8.64. The molecule has 1 aliphatic heterocycles. The van der Waals surface area contributed by atoms with Gasteiger partial charge in [-0.1, -0.05) is 0 Å². The molecule has 0 spiro atoms. The summed E-state index contributed by atoms with van der Waals surface area (Å²) in [6, 6.07) is 1.74. The van der Waals surface area contributed by atoms with Crippen LogP contribution < -0.4 is 5.32 Å². The van der Waals surface area contributed by atoms with Gasteiger partial charge in [0.2, 0.25) is 0 Å². The van der Waals surface area contributed by atoms with Gasteiger partial charge in [-0.3, -0.25) is 0 Å². The summed E-state index contributed by atoms with van der Waals surface area (Å²) in [6.07, 6.45) is -0.0859. The topological polar surface area (TPSA) is 58.6 Å². The van der Waals surface area contributed by atoms with Gasteiger partial charge in [0.25, 0.3) is 10.0 Å². The molecule has 1 N–H and O–H groups in total. The Morgan fingerprint density at radius 2 is 2.44 bits per heavy atom. The normalized spacial score (nSPS) is 21.4. The van der Waals surface area contributed by atoms with Crippen LogP contribution in [0.25, 0.3) is 0 Å². The van der Waals surface area contributed by atoms with E-state index in [1.807, 2.05) is 0 Å². The molecule has 0 aromatic carbocycles. The number of hydrogen-bond acceptors (Lipinski definition) is 5. The summed E-state index contributed by atoms with van der Waals surface area (Å²) in [5.74, 6) is 0. The average Bonchev–Trinajstić information content (AvgIpc) is 2.77. The third-order valence-corrected chi connectivity index (χ3v) is 7.16. The molecule has 2 rings (SSSR count). The molecule has 5 nitrogen and oxygen atoms in total. The lowest BCUT2D eigenvalue weighted by atomic mass is 10.3. The average molecular weight is 355 g/mol. The maximum atomic E-state index is 12.3. The van der Waals surface area contributed by atoms with Crippen molar-refractivity contribution in [3.05, 3.63) is 15.9 Å². The van der Waals surface area contributed by atoms with Crippen LogP contribution in [0.15, 0.2) is 20.1 Å². The molecule has 18 heavy (non-hydrogen) atoms. The molecule has 1 atom stereocenters. The molecule has 1 unspecified atom stereocenters. The number of morpholine rings is 1. The standard InChI is InChI=1S/C10H15BrN2O3S2/c1-13(7-8-6-12-3-4-16-8)18(14,15)10-9(11)2-5-17-10/h2,5,8,12H,3-4,6-7H2,1H3. The van der Waals surface area contributed by atoms with Crippen LogP contribution in [0, 0.1) is 0 Å². The van der Waals surface area contributed by atoms with Crippen molar-refractivity contribution < 1.29 is 13.2 Å². The summed E-state index contributed by atoms with van der Waals surface area (Å²) in [7, 11) is -1.85. The van der Waals surface area contributed by atoms with Gasteiger partial charge in [0, 0.05) is 31.2 Å². The fourth-order valence-electron chi connectivity index (χ4n) is 1.73. The number of likely N-dealkylation sites (N-methyl/N-ethyl adjacent to an activating group) is 1. The Morgan fingerprint density at radius 3 is 3.00 bits per heavy atom. The monoisotopic (exact) mass is 354 g/mol. The Balaban J connectivity index is 2.08. The molecule has 0 saturated carbocycles. The highest BCUT2D eigenvalue weighted by atomic mass is 79.9. The zero-order chi connectivity index (χ0) is 13.2. The van der Waals surface area contributed by atoms with E-state index in [-0.39, 0.29) is 6.10 Å². The summed E-state index contributed by atoms with van der Waals surface area (Å²) in [5, 5.41) is 4.94. The van der Waals surface area contributed by atoms with Gasteiger partial charge in [-0.2, -0.15) is 4.31 Å². The number of sulfonamides is 1. The number of ether oxygens (including phenoxy) is 1. The largest absolute Gasteiger partial charge is 0.374 e. The maximum Gasteiger partial charge on any atom is 0.253 e. The van der Waals surface area contributed by atoms with Crippen molar-refractivity contribution >= 4 is 37.3 Å². The minimum absolute atomic E-state index is 0.0859. The molecule has 1 aromatic heterocycles. The first kappa shape index (κ1) is 14.4. The van der Waals surface area contributed by atoms with Gasteiger partial charge >= 0.3 is 0 Å². The second-order valence-electron chi connectivity index (χ2n) is 4.04. The van der Waals surface area contributed by atoms with Crippen molar-refractivity contribution in [1.29, 1.82) is 0 Å². The van der Waals surface area contributed by atoms with E-state index in [9.17, 15) is 8.42 Å². The molecular formula is C10H15BrN2O3S2. The molecule has 0 radical (unpaired) electrons. The molecule has 1 fully saturated rings. The number of hydrogen-bond donors (Lipinski definition) is 1. The van der Waals surface area contributed by atoms with E-state index in [0.29, 0.717) is 28.4 Å². The number of nitrogens with one attached hydrogen (secondary N) is 1. The van der Waals surface area contributed by atoms with E-state index < -0.39 is 10.0 Å². The van der Waals surface area contributed by atoms with Crippen LogP contribution >= 0.6 is 27.3 Å². The van der Waals surface area contributed by atoms with Crippen LogP contribution in [0.5, 0.6) is 0 Å². The second-order valence-corrected chi connectivity index (χ2v) is 8.05. The molecule has 1 aliphatic rings. The summed E-state index contributed by atoms with van der Waals surface area (Å²) in [5.41, 5.74) is 0. The molecule has 0 amide bonds. The van der Waals surface area contributed by atoms with Crippen molar-refractivity contribution in [2.75, 3.05) is 33.3 Å². The highest BCUT2D eigenvalue weighted by Crippen LogP contribution is 2.29. The highest BCUT2D eigenvalue weighted by Gasteiger charge is 2.27. The minimum atomic E-state index is -3.43. The van der Waals surface area contributed by atoms with Crippen LogP contribution in [0.2, 0.25) is 0 Å². The third kappa shape index (κ3) is 3.12. The van der Waals surface area contributed by atoms with Crippen LogP contribution in [-0.4, -0.2) is 52.1 Å². The SMILES string of the molecule is CN(CC1CNCCO1)S(=O)(=O)c1sccc1Br. The molecule has 0 bridgehead atoms. The van der Waals surface area contributed by atoms with E-state index in [1.54, 1.807) is 18.5 Å². The summed E-state index contributed by atoms with van der Waals surface area (Å²) in [4.78, 5) is 0. The van der Waals surface area contributed by atoms with Crippen LogP contribution in [0.3, 0.4) is 0 Å². The highest BCUT2D eigenvalue weighted by molar-refractivity contribution is 9.10. The second kappa shape index (κ2) is 5.98. The Morgan fingerprint density at radius 1 is 1.67 bits per heavy atom. The maximum absolute atomic E-state index is 12.3. The van der Waals surface area contributed by atoms with E-state index in [1.165, 1.54) is 15.6 Å². The lowest BCUT2D eigenvalue weighted by Crippen LogP contribution is -2.45. The van der Waals surface area contributed by atoms with E-state index in [2.05, 4.69) is 21.2 Å². The first-order chi connectivity index (χ1) is 8.51. The molecule has 1 saturated heterocycles. The van der Waals surface area contributed by atoms with Gasteiger partial charge in [0.05, 0.1) is 12.7 Å². The molecule has 2 heterocycles. The van der Waals surface area contributed by atoms with Gasteiger partial charge in [-0.25, -0.2) is 8.42 Å². The lowest BCUT2D eigenvalue weighted by molar-refractivity contribution is 0.0206. The Labute approximate surface area is 119 Å². The van der Waals surface area contributed by atoms with Crippen LogP contribution in [0.1, 0.15) is 0 Å². The zero-order valence-corrected chi connectivity index (χ0v) is 13.1. The van der Waals surface area contributed by atoms with Gasteiger partial charge in [-0.15, -0.1) is 11.3 Å². The van der Waals surface area contributed by atoms with E-state index in [0.717, 1.165) is 6.54 Å². The van der Waals surface area contributed by atoms with Gasteiger partial charge in [0.1, 0.15) is 4.21 Å². The van der Waals surface area contributed by atoms with Crippen molar-refractivity contribution in [1.82, 2.24) is 9.62 Å². The number of thiophene rings is 1. The molecule has 8 heteroatoms. The van der Waals surface area contributed by atoms with Crippen LogP contribution in [-0.2, 0) is 14.8 Å². The van der Waals surface area contributed by atoms with Crippen molar-refractivity contribution in [2.24, 2.45) is 0 Å². The zero-order valence-electron chi connectivity index (χ0n) is 9.93. The van der Waals surface area contributed by atoms with Crippen molar-refractivity contribution in [2.45, 2.75) is 10.3 Å². The predicted octanol–water partition coefficient (Wildman–Crippen LogP) is 1.12. The third-order valence-electron chi connectivity index (χ3n) is 2.69. The van der Waals surface area contributed by atoms with Gasteiger partial charge in [-0.05, 0) is 27.4 Å². The quantitative estimate of drug-likeness (QED) is 0.880. The van der Waals surface area contributed by atoms with Gasteiger partial charge in [0.15, 0.2) is 0 Å². The lowest BCUT2D eigenvalue weighted by Gasteiger charge is -2.27. The molecule has 1 aromatic rings. The van der Waals surface area contributed by atoms with E-state index in [4.69, 9.17) is 4.74 Å². The van der Waals surface area contributed by atoms with Crippen molar-refractivity contribution in [3.63, 3.8) is 0 Å². The van der Waals surface area contributed by atoms with Crippen LogP contribution in [0.4, 0.5) is 0 Å². The Hall–Kier alpha value is 0.01000. The molecule has 0 aliphatic carbocycles. The van der Waals surface area contributed by atoms with Crippen molar-refractivity contribution in [3.8, 4) is 0 Å².